The number of carbonyl (C=O) groups excluding carboxylic acids is 1. The van der Waals surface area contributed by atoms with Gasteiger partial charge in [0.1, 0.15) is 0 Å². The molecule has 0 atom stereocenters. The predicted molar refractivity (Wildman–Crippen MR) is 68.3 cm³/mol. The number of hydrogen-bond acceptors (Lipinski definition) is 4. The molecule has 0 saturated carbocycles. The van der Waals surface area contributed by atoms with Crippen molar-refractivity contribution in [2.45, 2.75) is 20.3 Å². The Kier molecular flexibility index (Phi) is 4.82. The summed E-state index contributed by atoms with van der Waals surface area (Å²) in [6.45, 7) is 4.43. The Bertz CT molecular complexity index is 402. The van der Waals surface area contributed by atoms with E-state index in [1.165, 1.54) is 0 Å². The highest BCUT2D eigenvalue weighted by Gasteiger charge is 2.13. The van der Waals surface area contributed by atoms with Gasteiger partial charge in [0.05, 0.1) is 14.2 Å². The zero-order valence-electron chi connectivity index (χ0n) is 10.8. The molecular formula is C13H19NO3. The van der Waals surface area contributed by atoms with Gasteiger partial charge in [-0.05, 0) is 19.4 Å². The largest absolute Gasteiger partial charge is 0.493 e. The number of ether oxygens (including phenoxy) is 2. The van der Waals surface area contributed by atoms with Gasteiger partial charge in [-0.1, -0.05) is 6.92 Å². The van der Waals surface area contributed by atoms with Gasteiger partial charge >= 0.3 is 0 Å². The maximum absolute atomic E-state index is 11.6. The highest BCUT2D eigenvalue weighted by atomic mass is 16.5. The highest BCUT2D eigenvalue weighted by Crippen LogP contribution is 2.33. The van der Waals surface area contributed by atoms with Crippen LogP contribution in [0.25, 0.3) is 0 Å². The fourth-order valence-electron chi connectivity index (χ4n) is 1.58. The van der Waals surface area contributed by atoms with Crippen molar-refractivity contribution in [3.63, 3.8) is 0 Å². The van der Waals surface area contributed by atoms with Gasteiger partial charge in [-0.2, -0.15) is 0 Å². The minimum Gasteiger partial charge on any atom is -0.493 e. The summed E-state index contributed by atoms with van der Waals surface area (Å²) in [4.78, 5) is 11.6. The van der Waals surface area contributed by atoms with Gasteiger partial charge in [0.15, 0.2) is 17.3 Å². The molecule has 0 saturated heterocycles. The van der Waals surface area contributed by atoms with Crippen molar-refractivity contribution in [3.8, 4) is 11.5 Å². The van der Waals surface area contributed by atoms with E-state index in [0.717, 1.165) is 18.7 Å². The molecule has 4 nitrogen and oxygen atoms in total. The van der Waals surface area contributed by atoms with Crippen LogP contribution < -0.4 is 14.8 Å². The second-order valence-corrected chi connectivity index (χ2v) is 3.74. The highest BCUT2D eigenvalue weighted by molar-refractivity contribution is 6.00. The van der Waals surface area contributed by atoms with Crippen LogP contribution in [0.1, 0.15) is 30.6 Å². The van der Waals surface area contributed by atoms with Gasteiger partial charge in [0.25, 0.3) is 0 Å². The summed E-state index contributed by atoms with van der Waals surface area (Å²) >= 11 is 0. The van der Waals surface area contributed by atoms with Gasteiger partial charge in [-0.15, -0.1) is 0 Å². The molecule has 0 unspecified atom stereocenters. The molecule has 94 valence electrons. The molecule has 0 aliphatic heterocycles. The fourth-order valence-corrected chi connectivity index (χ4v) is 1.58. The third kappa shape index (κ3) is 3.12. The first-order valence-electron chi connectivity index (χ1n) is 5.64. The Morgan fingerprint density at radius 1 is 1.24 bits per heavy atom. The smallest absolute Gasteiger partial charge is 0.162 e. The van der Waals surface area contributed by atoms with E-state index in [9.17, 15) is 4.79 Å². The number of methoxy groups -OCH3 is 2. The zero-order chi connectivity index (χ0) is 12.8. The maximum atomic E-state index is 11.6. The Morgan fingerprint density at radius 2 is 1.82 bits per heavy atom. The van der Waals surface area contributed by atoms with E-state index in [2.05, 4.69) is 12.2 Å². The molecular weight excluding hydrogens is 218 g/mol. The van der Waals surface area contributed by atoms with Gasteiger partial charge in [0, 0.05) is 23.9 Å². The summed E-state index contributed by atoms with van der Waals surface area (Å²) < 4.78 is 10.4. The van der Waals surface area contributed by atoms with Crippen molar-refractivity contribution < 1.29 is 14.3 Å². The molecule has 0 aliphatic carbocycles. The summed E-state index contributed by atoms with van der Waals surface area (Å²) in [6, 6.07) is 3.50. The monoisotopic (exact) mass is 237 g/mol. The Labute approximate surface area is 102 Å². The lowest BCUT2D eigenvalue weighted by molar-refractivity contribution is 0.101. The summed E-state index contributed by atoms with van der Waals surface area (Å²) in [6.07, 6.45) is 0.992. The maximum Gasteiger partial charge on any atom is 0.162 e. The number of ketones is 1. The van der Waals surface area contributed by atoms with E-state index in [-0.39, 0.29) is 5.78 Å². The van der Waals surface area contributed by atoms with Crippen LogP contribution in [0.5, 0.6) is 11.5 Å². The Balaban J connectivity index is 3.19. The van der Waals surface area contributed by atoms with Crippen molar-refractivity contribution in [1.29, 1.82) is 0 Å². The van der Waals surface area contributed by atoms with Crippen LogP contribution in [0.2, 0.25) is 0 Å². The molecule has 0 radical (unpaired) electrons. The van der Waals surface area contributed by atoms with Gasteiger partial charge in [-0.3, -0.25) is 4.79 Å². The second-order valence-electron chi connectivity index (χ2n) is 3.74. The van der Waals surface area contributed by atoms with Crippen LogP contribution in [0.4, 0.5) is 5.69 Å². The van der Waals surface area contributed by atoms with Crippen LogP contribution >= 0.6 is 0 Å². The van der Waals surface area contributed by atoms with Crippen molar-refractivity contribution in [2.75, 3.05) is 26.1 Å². The summed E-state index contributed by atoms with van der Waals surface area (Å²) in [5, 5.41) is 3.21. The molecule has 0 spiro atoms. The van der Waals surface area contributed by atoms with E-state index in [1.807, 2.05) is 0 Å². The van der Waals surface area contributed by atoms with Crippen molar-refractivity contribution in [3.05, 3.63) is 17.7 Å². The molecule has 1 aromatic carbocycles. The third-order valence-electron chi connectivity index (χ3n) is 2.47. The molecule has 1 N–H and O–H groups in total. The standard InChI is InChI=1S/C13H19NO3/c1-5-6-14-11-8-13(17-4)12(16-3)7-10(11)9(2)15/h7-8,14H,5-6H2,1-4H3. The molecule has 1 aromatic rings. The van der Waals surface area contributed by atoms with Crippen molar-refractivity contribution in [1.82, 2.24) is 0 Å². The Morgan fingerprint density at radius 3 is 2.29 bits per heavy atom. The molecule has 0 aromatic heterocycles. The topological polar surface area (TPSA) is 47.6 Å². The van der Waals surface area contributed by atoms with E-state index < -0.39 is 0 Å². The van der Waals surface area contributed by atoms with E-state index in [0.29, 0.717) is 17.1 Å². The molecule has 17 heavy (non-hydrogen) atoms. The average Bonchev–Trinajstić information content (AvgIpc) is 2.34. The van der Waals surface area contributed by atoms with Crippen LogP contribution in [-0.2, 0) is 0 Å². The quantitative estimate of drug-likeness (QED) is 0.773. The van der Waals surface area contributed by atoms with Crippen LogP contribution in [-0.4, -0.2) is 26.5 Å². The first kappa shape index (κ1) is 13.4. The summed E-state index contributed by atoms with van der Waals surface area (Å²) in [7, 11) is 3.13. The molecule has 0 aliphatic rings. The van der Waals surface area contributed by atoms with Crippen LogP contribution in [0, 0.1) is 0 Å². The van der Waals surface area contributed by atoms with Gasteiger partial charge in [-0.25, -0.2) is 0 Å². The van der Waals surface area contributed by atoms with E-state index >= 15 is 0 Å². The van der Waals surface area contributed by atoms with Crippen LogP contribution in [0.3, 0.4) is 0 Å². The van der Waals surface area contributed by atoms with Crippen LogP contribution in [0.15, 0.2) is 12.1 Å². The van der Waals surface area contributed by atoms with Crippen molar-refractivity contribution in [2.24, 2.45) is 0 Å². The molecule has 0 amide bonds. The molecule has 0 fully saturated rings. The number of hydrogen-bond donors (Lipinski definition) is 1. The van der Waals surface area contributed by atoms with Crippen molar-refractivity contribution >= 4 is 11.5 Å². The number of carbonyl (C=O) groups is 1. The minimum atomic E-state index is 0.00422. The van der Waals surface area contributed by atoms with E-state index in [1.54, 1.807) is 33.3 Å². The number of benzene rings is 1. The zero-order valence-corrected chi connectivity index (χ0v) is 10.8. The molecule has 4 heteroatoms. The predicted octanol–water partition coefficient (Wildman–Crippen LogP) is 2.73. The summed E-state index contributed by atoms with van der Waals surface area (Å²) in [5.74, 6) is 1.19. The van der Waals surface area contributed by atoms with Gasteiger partial charge in [0.2, 0.25) is 0 Å². The number of rotatable bonds is 6. The lowest BCUT2D eigenvalue weighted by atomic mass is 10.1. The minimum absolute atomic E-state index is 0.00422. The number of Topliss-reactive ketones (excluding diaryl/α,β-unsaturated/α-hetero) is 1. The molecule has 0 bridgehead atoms. The van der Waals surface area contributed by atoms with E-state index in [4.69, 9.17) is 9.47 Å². The normalized spacial score (nSPS) is 9.88. The Hall–Kier alpha value is -1.71. The first-order chi connectivity index (χ1) is 8.13. The first-order valence-corrected chi connectivity index (χ1v) is 5.64. The lowest BCUT2D eigenvalue weighted by Gasteiger charge is -2.14. The average molecular weight is 237 g/mol. The second kappa shape index (κ2) is 6.13. The molecule has 1 rings (SSSR count). The van der Waals surface area contributed by atoms with Gasteiger partial charge < -0.3 is 14.8 Å². The number of nitrogens with one attached hydrogen (secondary N) is 1. The SMILES string of the molecule is CCCNc1cc(OC)c(OC)cc1C(C)=O. The fraction of sp³-hybridized carbons (Fsp3) is 0.462. The lowest BCUT2D eigenvalue weighted by Crippen LogP contribution is -2.07. The summed E-state index contributed by atoms with van der Waals surface area (Å²) in [5.41, 5.74) is 1.41. The molecule has 0 heterocycles. The number of anilines is 1. The third-order valence-corrected chi connectivity index (χ3v) is 2.47.